The van der Waals surface area contributed by atoms with Crippen molar-refractivity contribution in [2.45, 2.75) is 0 Å². The van der Waals surface area contributed by atoms with Crippen molar-refractivity contribution in [1.82, 2.24) is 9.97 Å². The molecule has 3 rings (SSSR count). The van der Waals surface area contributed by atoms with E-state index in [-0.39, 0.29) is 0 Å². The van der Waals surface area contributed by atoms with Gasteiger partial charge in [0.2, 0.25) is 0 Å². The van der Waals surface area contributed by atoms with Crippen LogP contribution in [0.4, 0.5) is 11.6 Å². The third kappa shape index (κ3) is 2.91. The summed E-state index contributed by atoms with van der Waals surface area (Å²) in [7, 11) is 0. The molecule has 1 aliphatic rings. The molecule has 0 radical (unpaired) electrons. The quantitative estimate of drug-likeness (QED) is 0.852. The average molecular weight is 300 g/mol. The fraction of sp³-hybridized carbons (Fsp3) is 0.267. The number of pyridine rings is 2. The van der Waals surface area contributed by atoms with E-state index in [1.807, 2.05) is 24.3 Å². The van der Waals surface area contributed by atoms with E-state index in [4.69, 9.17) is 16.9 Å². The second kappa shape index (κ2) is 5.98. The number of hydrogen-bond donors (Lipinski definition) is 0. The predicted octanol–water partition coefficient (Wildman–Crippen LogP) is 2.33. The highest BCUT2D eigenvalue weighted by Gasteiger charge is 2.20. The lowest BCUT2D eigenvalue weighted by molar-refractivity contribution is 0.641. The van der Waals surface area contributed by atoms with Crippen LogP contribution in [0.25, 0.3) is 0 Å². The monoisotopic (exact) mass is 299 g/mol. The third-order valence-corrected chi connectivity index (χ3v) is 3.79. The summed E-state index contributed by atoms with van der Waals surface area (Å²) in [6.45, 7) is 3.31. The summed E-state index contributed by atoms with van der Waals surface area (Å²) >= 11 is 6.18. The van der Waals surface area contributed by atoms with Crippen molar-refractivity contribution in [1.29, 1.82) is 5.26 Å². The Hall–Kier alpha value is -2.32. The molecule has 5 nitrogen and oxygen atoms in total. The first-order valence-electron chi connectivity index (χ1n) is 6.75. The minimum Gasteiger partial charge on any atom is -0.353 e. The summed E-state index contributed by atoms with van der Waals surface area (Å²) in [5, 5.41) is 9.60. The summed E-state index contributed by atoms with van der Waals surface area (Å²) in [6, 6.07) is 11.3. The van der Waals surface area contributed by atoms with E-state index >= 15 is 0 Å². The van der Waals surface area contributed by atoms with Gasteiger partial charge in [-0.25, -0.2) is 9.97 Å². The van der Waals surface area contributed by atoms with Crippen LogP contribution in [0.2, 0.25) is 5.02 Å². The maximum absolute atomic E-state index is 8.92. The topological polar surface area (TPSA) is 56.1 Å². The maximum Gasteiger partial charge on any atom is 0.147 e. The van der Waals surface area contributed by atoms with Crippen molar-refractivity contribution < 1.29 is 0 Å². The molecule has 0 aliphatic carbocycles. The Balaban J connectivity index is 1.71. The van der Waals surface area contributed by atoms with E-state index in [9.17, 15) is 0 Å². The molecule has 21 heavy (non-hydrogen) atoms. The van der Waals surface area contributed by atoms with Gasteiger partial charge in [-0.15, -0.1) is 0 Å². The van der Waals surface area contributed by atoms with Crippen LogP contribution >= 0.6 is 11.6 Å². The molecule has 0 N–H and O–H groups in total. The predicted molar refractivity (Wildman–Crippen MR) is 82.6 cm³/mol. The summed E-state index contributed by atoms with van der Waals surface area (Å²) in [4.78, 5) is 13.0. The molecule has 3 heterocycles. The van der Waals surface area contributed by atoms with Gasteiger partial charge in [0.15, 0.2) is 0 Å². The molecule has 1 fully saturated rings. The lowest BCUT2D eigenvalue weighted by Crippen LogP contribution is -2.47. The second-order valence-corrected chi connectivity index (χ2v) is 5.18. The molecular formula is C15H14ClN5. The highest BCUT2D eigenvalue weighted by atomic mass is 35.5. The van der Waals surface area contributed by atoms with E-state index in [1.54, 1.807) is 12.3 Å². The van der Waals surface area contributed by atoms with Crippen molar-refractivity contribution in [2.75, 3.05) is 36.0 Å². The van der Waals surface area contributed by atoms with Gasteiger partial charge in [0.1, 0.15) is 23.4 Å². The zero-order chi connectivity index (χ0) is 14.7. The van der Waals surface area contributed by atoms with Gasteiger partial charge in [0, 0.05) is 32.4 Å². The fourth-order valence-electron chi connectivity index (χ4n) is 2.42. The fourth-order valence-corrected chi connectivity index (χ4v) is 2.66. The minimum atomic E-state index is 0.447. The summed E-state index contributed by atoms with van der Waals surface area (Å²) < 4.78 is 0. The smallest absolute Gasteiger partial charge is 0.147 e. The number of hydrogen-bond acceptors (Lipinski definition) is 5. The Kier molecular flexibility index (Phi) is 3.89. The van der Waals surface area contributed by atoms with Crippen molar-refractivity contribution >= 4 is 23.2 Å². The van der Waals surface area contributed by atoms with E-state index in [0.29, 0.717) is 10.7 Å². The lowest BCUT2D eigenvalue weighted by atomic mass is 10.3. The van der Waals surface area contributed by atoms with E-state index < -0.39 is 0 Å². The molecule has 106 valence electrons. The van der Waals surface area contributed by atoms with E-state index in [1.165, 1.54) is 0 Å². The Labute approximate surface area is 128 Å². The standard InChI is InChI=1S/C15H14ClN5/c16-13-4-2-6-18-15(13)21-9-7-20(8-10-21)14-5-1-3-12(11-17)19-14/h1-6H,7-10H2. The maximum atomic E-state index is 8.92. The minimum absolute atomic E-state index is 0.447. The van der Waals surface area contributed by atoms with Crippen LogP contribution in [0.15, 0.2) is 36.5 Å². The van der Waals surface area contributed by atoms with Gasteiger partial charge < -0.3 is 9.80 Å². The second-order valence-electron chi connectivity index (χ2n) is 4.78. The van der Waals surface area contributed by atoms with Crippen molar-refractivity contribution in [3.8, 4) is 6.07 Å². The largest absolute Gasteiger partial charge is 0.353 e. The van der Waals surface area contributed by atoms with Crippen LogP contribution in [0.5, 0.6) is 0 Å². The highest BCUT2D eigenvalue weighted by Crippen LogP contribution is 2.24. The first kappa shape index (κ1) is 13.7. The molecule has 0 spiro atoms. The molecule has 0 aromatic carbocycles. The van der Waals surface area contributed by atoms with Gasteiger partial charge in [-0.05, 0) is 24.3 Å². The molecular weight excluding hydrogens is 286 g/mol. The number of halogens is 1. The van der Waals surface area contributed by atoms with Crippen LogP contribution in [-0.4, -0.2) is 36.1 Å². The lowest BCUT2D eigenvalue weighted by Gasteiger charge is -2.36. The molecule has 0 unspecified atom stereocenters. The SMILES string of the molecule is N#Cc1cccc(N2CCN(c3ncccc3Cl)CC2)n1. The van der Waals surface area contributed by atoms with Gasteiger partial charge in [-0.3, -0.25) is 0 Å². The van der Waals surface area contributed by atoms with Gasteiger partial charge in [-0.1, -0.05) is 17.7 Å². The first-order chi connectivity index (χ1) is 10.3. The van der Waals surface area contributed by atoms with Crippen LogP contribution in [-0.2, 0) is 0 Å². The first-order valence-corrected chi connectivity index (χ1v) is 7.13. The van der Waals surface area contributed by atoms with Gasteiger partial charge >= 0.3 is 0 Å². The zero-order valence-corrected chi connectivity index (χ0v) is 12.2. The number of nitriles is 1. The van der Waals surface area contributed by atoms with Gasteiger partial charge in [-0.2, -0.15) is 5.26 Å². The van der Waals surface area contributed by atoms with Crippen LogP contribution in [0.3, 0.4) is 0 Å². The average Bonchev–Trinajstić information content (AvgIpc) is 2.56. The van der Waals surface area contributed by atoms with Crippen molar-refractivity contribution in [3.63, 3.8) is 0 Å². The Bertz CT molecular complexity index is 674. The molecule has 0 bridgehead atoms. The molecule has 0 saturated carbocycles. The van der Waals surface area contributed by atoms with Crippen LogP contribution in [0.1, 0.15) is 5.69 Å². The summed E-state index contributed by atoms with van der Waals surface area (Å²) in [6.07, 6.45) is 1.76. The van der Waals surface area contributed by atoms with Crippen molar-refractivity contribution in [3.05, 3.63) is 47.2 Å². The Morgan fingerprint density at radius 1 is 1.05 bits per heavy atom. The van der Waals surface area contributed by atoms with E-state index in [0.717, 1.165) is 37.8 Å². The molecule has 1 saturated heterocycles. The zero-order valence-electron chi connectivity index (χ0n) is 11.4. The number of aromatic nitrogens is 2. The third-order valence-electron chi connectivity index (χ3n) is 3.49. The van der Waals surface area contributed by atoms with Crippen molar-refractivity contribution in [2.24, 2.45) is 0 Å². The van der Waals surface area contributed by atoms with Crippen LogP contribution < -0.4 is 9.80 Å². The Morgan fingerprint density at radius 3 is 2.52 bits per heavy atom. The molecule has 0 amide bonds. The molecule has 0 atom stereocenters. The van der Waals surface area contributed by atoms with Gasteiger partial charge in [0.25, 0.3) is 0 Å². The number of nitrogens with zero attached hydrogens (tertiary/aromatic N) is 5. The number of piperazine rings is 1. The van der Waals surface area contributed by atoms with Gasteiger partial charge in [0.05, 0.1) is 5.02 Å². The number of anilines is 2. The van der Waals surface area contributed by atoms with E-state index in [2.05, 4.69) is 25.8 Å². The Morgan fingerprint density at radius 2 is 1.81 bits per heavy atom. The molecule has 2 aromatic heterocycles. The molecule has 1 aliphatic heterocycles. The number of rotatable bonds is 2. The molecule has 2 aromatic rings. The van der Waals surface area contributed by atoms with Crippen LogP contribution in [0, 0.1) is 11.3 Å². The summed E-state index contributed by atoms with van der Waals surface area (Å²) in [5.41, 5.74) is 0.447. The highest BCUT2D eigenvalue weighted by molar-refractivity contribution is 6.32. The molecule has 6 heteroatoms. The summed E-state index contributed by atoms with van der Waals surface area (Å²) in [5.74, 6) is 1.68. The normalized spacial score (nSPS) is 14.9.